The predicted molar refractivity (Wildman–Crippen MR) is 60.8 cm³/mol. The van der Waals surface area contributed by atoms with Gasteiger partial charge in [0, 0.05) is 0 Å². The van der Waals surface area contributed by atoms with Gasteiger partial charge in [-0.15, -0.1) is 11.3 Å². The third kappa shape index (κ3) is 3.15. The highest BCUT2D eigenvalue weighted by Crippen LogP contribution is 2.17. The SMILES string of the molecule is NC(N)=O.S=c1[nH]c2ccccc2s1. The molecule has 2 amide bonds. The molecule has 2 rings (SSSR count). The van der Waals surface area contributed by atoms with Crippen molar-refractivity contribution in [2.24, 2.45) is 11.5 Å². The zero-order chi connectivity index (χ0) is 10.6. The lowest BCUT2D eigenvalue weighted by Gasteiger charge is -1.81. The van der Waals surface area contributed by atoms with Crippen LogP contribution in [0.3, 0.4) is 0 Å². The molecule has 0 bridgehead atoms. The minimum absolute atomic E-state index is 0.833. The van der Waals surface area contributed by atoms with Crippen LogP contribution in [-0.4, -0.2) is 11.0 Å². The number of para-hydroxylation sites is 1. The fourth-order valence-electron chi connectivity index (χ4n) is 0.894. The van der Waals surface area contributed by atoms with E-state index in [0.717, 1.165) is 9.47 Å². The van der Waals surface area contributed by atoms with Crippen molar-refractivity contribution in [2.45, 2.75) is 0 Å². The van der Waals surface area contributed by atoms with Crippen LogP contribution in [0.2, 0.25) is 0 Å². The van der Waals surface area contributed by atoms with Crippen molar-refractivity contribution in [2.75, 3.05) is 0 Å². The van der Waals surface area contributed by atoms with Crippen molar-refractivity contribution in [1.82, 2.24) is 4.98 Å². The summed E-state index contributed by atoms with van der Waals surface area (Å²) >= 11 is 6.59. The Bertz CT molecular complexity index is 448. The Morgan fingerprint density at radius 1 is 1.36 bits per heavy atom. The molecule has 0 saturated carbocycles. The number of amides is 2. The second-order valence-corrected chi connectivity index (χ2v) is 4.13. The number of fused-ring (bicyclic) bond motifs is 1. The van der Waals surface area contributed by atoms with Crippen LogP contribution in [-0.2, 0) is 0 Å². The zero-order valence-electron chi connectivity index (χ0n) is 7.19. The van der Waals surface area contributed by atoms with Crippen LogP contribution in [0.15, 0.2) is 24.3 Å². The molecule has 0 unspecified atom stereocenters. The molecule has 0 aliphatic carbocycles. The standard InChI is InChI=1S/C7H5NS2.CH4N2O/c9-7-8-5-3-1-2-4-6(5)10-7;2-1(3)4/h1-4H,(H,8,9);(H4,2,3,4). The van der Waals surface area contributed by atoms with E-state index in [1.807, 2.05) is 18.2 Å². The number of nitrogens with one attached hydrogen (secondary N) is 1. The first-order valence-corrected chi connectivity index (χ1v) is 4.95. The van der Waals surface area contributed by atoms with Crippen molar-refractivity contribution in [3.05, 3.63) is 28.2 Å². The summed E-state index contributed by atoms with van der Waals surface area (Å²) in [5.41, 5.74) is 9.64. The summed E-state index contributed by atoms with van der Waals surface area (Å²) in [6.45, 7) is 0. The van der Waals surface area contributed by atoms with Crippen LogP contribution in [0.1, 0.15) is 0 Å². The van der Waals surface area contributed by atoms with Gasteiger partial charge < -0.3 is 16.5 Å². The van der Waals surface area contributed by atoms with Gasteiger partial charge in [-0.05, 0) is 24.4 Å². The Hall–Kier alpha value is -1.40. The number of rotatable bonds is 0. The van der Waals surface area contributed by atoms with Crippen LogP contribution in [0.5, 0.6) is 0 Å². The topological polar surface area (TPSA) is 84.9 Å². The van der Waals surface area contributed by atoms with Crippen LogP contribution in [0.25, 0.3) is 10.2 Å². The molecule has 0 spiro atoms. The maximum Gasteiger partial charge on any atom is 0.309 e. The average molecular weight is 227 g/mol. The first-order chi connectivity index (χ1) is 6.59. The highest BCUT2D eigenvalue weighted by molar-refractivity contribution is 7.73. The third-order valence-electron chi connectivity index (χ3n) is 1.33. The number of hydrogen-bond acceptors (Lipinski definition) is 3. The van der Waals surface area contributed by atoms with Gasteiger partial charge in [0.1, 0.15) is 0 Å². The summed E-state index contributed by atoms with van der Waals surface area (Å²) in [5.74, 6) is 0. The molecule has 1 heterocycles. The minimum Gasteiger partial charge on any atom is -0.352 e. The molecule has 1 aromatic heterocycles. The lowest BCUT2D eigenvalue weighted by atomic mass is 10.3. The summed E-state index contributed by atoms with van der Waals surface area (Å²) in [6.07, 6.45) is 0. The smallest absolute Gasteiger partial charge is 0.309 e. The van der Waals surface area contributed by atoms with Crippen molar-refractivity contribution >= 4 is 39.8 Å². The Kier molecular flexibility index (Phi) is 3.61. The first kappa shape index (κ1) is 10.7. The summed E-state index contributed by atoms with van der Waals surface area (Å²) in [5, 5.41) is 0. The van der Waals surface area contributed by atoms with Gasteiger partial charge >= 0.3 is 6.03 Å². The Morgan fingerprint density at radius 3 is 2.50 bits per heavy atom. The number of nitrogens with two attached hydrogens (primary N) is 2. The molecule has 0 aliphatic rings. The van der Waals surface area contributed by atoms with Gasteiger partial charge in [-0.3, -0.25) is 0 Å². The van der Waals surface area contributed by atoms with E-state index in [1.165, 1.54) is 4.70 Å². The van der Waals surface area contributed by atoms with Gasteiger partial charge in [0.05, 0.1) is 10.2 Å². The maximum atomic E-state index is 9.00. The molecule has 0 radical (unpaired) electrons. The molecule has 0 aliphatic heterocycles. The quantitative estimate of drug-likeness (QED) is 0.601. The zero-order valence-corrected chi connectivity index (χ0v) is 8.82. The summed E-state index contributed by atoms with van der Waals surface area (Å²) in [7, 11) is 0. The van der Waals surface area contributed by atoms with Gasteiger partial charge in [0.25, 0.3) is 0 Å². The third-order valence-corrected chi connectivity index (χ3v) is 2.54. The summed E-state index contributed by atoms with van der Waals surface area (Å²) in [4.78, 5) is 12.1. The molecule has 0 saturated heterocycles. The average Bonchev–Trinajstić information content (AvgIpc) is 2.42. The molecule has 5 N–H and O–H groups in total. The van der Waals surface area contributed by atoms with Crippen LogP contribution >= 0.6 is 23.6 Å². The number of carbonyl (C=O) groups excluding carboxylic acids is 1. The van der Waals surface area contributed by atoms with Gasteiger partial charge in [-0.2, -0.15) is 0 Å². The van der Waals surface area contributed by atoms with E-state index in [1.54, 1.807) is 11.3 Å². The molecule has 0 fully saturated rings. The van der Waals surface area contributed by atoms with E-state index in [0.29, 0.717) is 0 Å². The number of carbonyl (C=O) groups is 1. The summed E-state index contributed by atoms with van der Waals surface area (Å²) < 4.78 is 2.08. The van der Waals surface area contributed by atoms with Crippen LogP contribution in [0, 0.1) is 3.95 Å². The maximum absolute atomic E-state index is 9.00. The van der Waals surface area contributed by atoms with Gasteiger partial charge in [-0.1, -0.05) is 12.1 Å². The second kappa shape index (κ2) is 4.73. The summed E-state index contributed by atoms with van der Waals surface area (Å²) in [6, 6.07) is 7.27. The highest BCUT2D eigenvalue weighted by atomic mass is 32.1. The lowest BCUT2D eigenvalue weighted by Crippen LogP contribution is -2.18. The molecule has 4 nitrogen and oxygen atoms in total. The molecular formula is C8H9N3OS2. The first-order valence-electron chi connectivity index (χ1n) is 3.72. The van der Waals surface area contributed by atoms with E-state index in [2.05, 4.69) is 22.5 Å². The molecular weight excluding hydrogens is 218 g/mol. The molecule has 74 valence electrons. The monoisotopic (exact) mass is 227 g/mol. The molecule has 0 atom stereocenters. The number of aromatic amines is 1. The molecule has 14 heavy (non-hydrogen) atoms. The highest BCUT2D eigenvalue weighted by Gasteiger charge is 1.91. The van der Waals surface area contributed by atoms with E-state index in [4.69, 9.17) is 17.0 Å². The van der Waals surface area contributed by atoms with Gasteiger partial charge in [0.15, 0.2) is 3.95 Å². The molecule has 1 aromatic carbocycles. The van der Waals surface area contributed by atoms with E-state index < -0.39 is 6.03 Å². The second-order valence-electron chi connectivity index (χ2n) is 2.41. The number of primary amides is 2. The number of thiazole rings is 1. The number of hydrogen-bond donors (Lipinski definition) is 3. The van der Waals surface area contributed by atoms with Crippen molar-refractivity contribution in [1.29, 1.82) is 0 Å². The van der Waals surface area contributed by atoms with E-state index >= 15 is 0 Å². The molecule has 6 heteroatoms. The molecule has 2 aromatic rings. The largest absolute Gasteiger partial charge is 0.352 e. The van der Waals surface area contributed by atoms with Gasteiger partial charge in [0.2, 0.25) is 0 Å². The van der Waals surface area contributed by atoms with Crippen molar-refractivity contribution < 1.29 is 4.79 Å². The van der Waals surface area contributed by atoms with E-state index in [9.17, 15) is 0 Å². The number of H-pyrrole nitrogens is 1. The Labute approximate surface area is 89.5 Å². The fourth-order valence-corrected chi connectivity index (χ4v) is 2.01. The van der Waals surface area contributed by atoms with Crippen molar-refractivity contribution in [3.8, 4) is 0 Å². The Balaban J connectivity index is 0.000000213. The number of urea groups is 1. The van der Waals surface area contributed by atoms with Crippen molar-refractivity contribution in [3.63, 3.8) is 0 Å². The number of benzene rings is 1. The minimum atomic E-state index is -0.833. The van der Waals surface area contributed by atoms with Gasteiger partial charge in [-0.25, -0.2) is 4.79 Å². The number of aromatic nitrogens is 1. The lowest BCUT2D eigenvalue weighted by molar-refractivity contribution is 0.256. The van der Waals surface area contributed by atoms with Crippen LogP contribution in [0.4, 0.5) is 4.79 Å². The normalized spacial score (nSPS) is 9.14. The van der Waals surface area contributed by atoms with E-state index in [-0.39, 0.29) is 0 Å². The Morgan fingerprint density at radius 2 is 1.93 bits per heavy atom. The van der Waals surface area contributed by atoms with Crippen LogP contribution < -0.4 is 11.5 Å². The fraction of sp³-hybridized carbons (Fsp3) is 0. The predicted octanol–water partition coefficient (Wildman–Crippen LogP) is 1.98.